The van der Waals surface area contributed by atoms with Crippen LogP contribution in [0.4, 0.5) is 5.82 Å². The van der Waals surface area contributed by atoms with Crippen molar-refractivity contribution in [3.63, 3.8) is 0 Å². The standard InChI is InChI=1S/C24H17BrClN5O/c25-15-9-11-16(12-10-15)31-22(27)20(24(32)28-13-14-5-1-2-6-17(14)26)21-23(31)30-19-8-4-3-7-18(19)29-21/h1-12H,13,27H2,(H,28,32). The number of nitrogen functional groups attached to an aromatic ring is 1. The van der Waals surface area contributed by atoms with Crippen molar-refractivity contribution in [1.82, 2.24) is 19.9 Å². The average Bonchev–Trinajstić information content (AvgIpc) is 3.08. The maximum atomic E-state index is 13.3. The SMILES string of the molecule is Nc1c(C(=O)NCc2ccccc2Cl)c2nc3ccccc3nc2n1-c1ccc(Br)cc1. The van der Waals surface area contributed by atoms with E-state index in [-0.39, 0.29) is 23.8 Å². The Labute approximate surface area is 197 Å². The fourth-order valence-corrected chi connectivity index (χ4v) is 4.11. The van der Waals surface area contributed by atoms with Gasteiger partial charge in [-0.15, -0.1) is 0 Å². The molecule has 0 bridgehead atoms. The van der Waals surface area contributed by atoms with Crippen molar-refractivity contribution in [1.29, 1.82) is 0 Å². The van der Waals surface area contributed by atoms with Crippen molar-refractivity contribution in [3.05, 3.63) is 93.4 Å². The number of fused-ring (bicyclic) bond motifs is 2. The van der Waals surface area contributed by atoms with Gasteiger partial charge in [-0.1, -0.05) is 57.9 Å². The molecule has 3 N–H and O–H groups in total. The zero-order valence-electron chi connectivity index (χ0n) is 16.7. The molecule has 0 saturated carbocycles. The number of carbonyl (C=O) groups excluding carboxylic acids is 1. The van der Waals surface area contributed by atoms with Gasteiger partial charge in [0.1, 0.15) is 16.9 Å². The van der Waals surface area contributed by atoms with Crippen LogP contribution in [0.25, 0.3) is 27.9 Å². The number of amides is 1. The first-order valence-corrected chi connectivity index (χ1v) is 11.0. The largest absolute Gasteiger partial charge is 0.384 e. The van der Waals surface area contributed by atoms with Gasteiger partial charge in [-0.2, -0.15) is 0 Å². The topological polar surface area (TPSA) is 85.8 Å². The van der Waals surface area contributed by atoms with Gasteiger partial charge in [0.15, 0.2) is 5.65 Å². The van der Waals surface area contributed by atoms with Crippen molar-refractivity contribution in [2.45, 2.75) is 6.54 Å². The Morgan fingerprint density at radius 2 is 1.62 bits per heavy atom. The van der Waals surface area contributed by atoms with E-state index in [0.717, 1.165) is 21.2 Å². The Bertz CT molecular complexity index is 1480. The lowest BCUT2D eigenvalue weighted by Gasteiger charge is -2.09. The molecule has 0 aliphatic carbocycles. The van der Waals surface area contributed by atoms with E-state index in [1.807, 2.05) is 66.7 Å². The van der Waals surface area contributed by atoms with Gasteiger partial charge in [-0.05, 0) is 48.0 Å². The number of halogens is 2. The highest BCUT2D eigenvalue weighted by molar-refractivity contribution is 9.10. The number of rotatable bonds is 4. The molecule has 0 fully saturated rings. The summed E-state index contributed by atoms with van der Waals surface area (Å²) in [5, 5.41) is 3.51. The molecule has 5 aromatic rings. The minimum Gasteiger partial charge on any atom is -0.384 e. The highest BCUT2D eigenvalue weighted by Gasteiger charge is 2.24. The second-order valence-corrected chi connectivity index (χ2v) is 8.55. The third-order valence-electron chi connectivity index (χ3n) is 5.21. The molecule has 0 spiro atoms. The first kappa shape index (κ1) is 20.5. The number of benzene rings is 3. The molecular formula is C24H17BrClN5O. The highest BCUT2D eigenvalue weighted by Crippen LogP contribution is 2.31. The number of anilines is 1. The Balaban J connectivity index is 1.66. The van der Waals surface area contributed by atoms with Crippen molar-refractivity contribution >= 4 is 61.5 Å². The zero-order chi connectivity index (χ0) is 22.2. The van der Waals surface area contributed by atoms with E-state index in [1.165, 1.54) is 0 Å². The van der Waals surface area contributed by atoms with E-state index >= 15 is 0 Å². The molecule has 0 aliphatic rings. The number of carbonyl (C=O) groups is 1. The molecule has 0 aliphatic heterocycles. The lowest BCUT2D eigenvalue weighted by Crippen LogP contribution is -2.24. The minimum absolute atomic E-state index is 0.268. The lowest BCUT2D eigenvalue weighted by molar-refractivity contribution is 0.0953. The van der Waals surface area contributed by atoms with Gasteiger partial charge >= 0.3 is 0 Å². The van der Waals surface area contributed by atoms with Crippen LogP contribution in [0.3, 0.4) is 0 Å². The Morgan fingerprint density at radius 1 is 0.969 bits per heavy atom. The Morgan fingerprint density at radius 3 is 2.34 bits per heavy atom. The van der Waals surface area contributed by atoms with E-state index in [4.69, 9.17) is 27.3 Å². The fraction of sp³-hybridized carbons (Fsp3) is 0.0417. The number of nitrogens with two attached hydrogens (primary N) is 1. The number of para-hydroxylation sites is 2. The van der Waals surface area contributed by atoms with Crippen LogP contribution in [0.2, 0.25) is 5.02 Å². The van der Waals surface area contributed by atoms with Gasteiger partial charge < -0.3 is 11.1 Å². The molecular weight excluding hydrogens is 490 g/mol. The molecule has 0 atom stereocenters. The van der Waals surface area contributed by atoms with Crippen LogP contribution < -0.4 is 11.1 Å². The molecule has 0 saturated heterocycles. The van der Waals surface area contributed by atoms with Gasteiger partial charge in [-0.3, -0.25) is 9.36 Å². The van der Waals surface area contributed by atoms with Crippen LogP contribution in [0.15, 0.2) is 77.3 Å². The Hall–Kier alpha value is -3.42. The summed E-state index contributed by atoms with van der Waals surface area (Å²) in [6.45, 7) is 0.268. The molecule has 32 heavy (non-hydrogen) atoms. The second-order valence-electron chi connectivity index (χ2n) is 7.23. The minimum atomic E-state index is -0.340. The van der Waals surface area contributed by atoms with E-state index in [0.29, 0.717) is 21.7 Å². The third kappa shape index (κ3) is 3.59. The molecule has 2 heterocycles. The number of hydrogen-bond donors (Lipinski definition) is 2. The predicted molar refractivity (Wildman–Crippen MR) is 131 cm³/mol. The quantitative estimate of drug-likeness (QED) is 0.337. The molecule has 0 unspecified atom stereocenters. The lowest BCUT2D eigenvalue weighted by atomic mass is 10.2. The summed E-state index contributed by atoms with van der Waals surface area (Å²) in [6, 6.07) is 22.5. The number of nitrogens with one attached hydrogen (secondary N) is 1. The monoisotopic (exact) mass is 505 g/mol. The first-order valence-electron chi connectivity index (χ1n) is 9.87. The molecule has 8 heteroatoms. The van der Waals surface area contributed by atoms with Crippen LogP contribution >= 0.6 is 27.5 Å². The number of aromatic nitrogens is 3. The summed E-state index contributed by atoms with van der Waals surface area (Å²) in [5.74, 6) is -0.0675. The maximum Gasteiger partial charge on any atom is 0.257 e. The molecule has 5 rings (SSSR count). The summed E-state index contributed by atoms with van der Waals surface area (Å²) < 4.78 is 2.69. The average molecular weight is 507 g/mol. The van der Waals surface area contributed by atoms with Crippen molar-refractivity contribution in [3.8, 4) is 5.69 Å². The summed E-state index contributed by atoms with van der Waals surface area (Å²) in [4.78, 5) is 22.8. The summed E-state index contributed by atoms with van der Waals surface area (Å²) >= 11 is 9.69. The van der Waals surface area contributed by atoms with Crippen LogP contribution in [-0.2, 0) is 6.54 Å². The first-order chi connectivity index (χ1) is 15.5. The predicted octanol–water partition coefficient (Wildman–Crippen LogP) is 5.50. The molecule has 3 aromatic carbocycles. The van der Waals surface area contributed by atoms with E-state index in [1.54, 1.807) is 10.6 Å². The smallest absolute Gasteiger partial charge is 0.257 e. The Kier molecular flexibility index (Phi) is 5.28. The van der Waals surface area contributed by atoms with Crippen molar-refractivity contribution < 1.29 is 4.79 Å². The van der Waals surface area contributed by atoms with Gasteiger partial charge in [0, 0.05) is 21.7 Å². The van der Waals surface area contributed by atoms with Crippen LogP contribution in [-0.4, -0.2) is 20.4 Å². The van der Waals surface area contributed by atoms with Crippen molar-refractivity contribution in [2.75, 3.05) is 5.73 Å². The fourth-order valence-electron chi connectivity index (χ4n) is 3.64. The van der Waals surface area contributed by atoms with Crippen LogP contribution in [0.1, 0.15) is 15.9 Å². The normalized spacial score (nSPS) is 11.2. The van der Waals surface area contributed by atoms with E-state index < -0.39 is 0 Å². The molecule has 0 radical (unpaired) electrons. The zero-order valence-corrected chi connectivity index (χ0v) is 19.1. The molecule has 1 amide bonds. The van der Waals surface area contributed by atoms with Gasteiger partial charge in [0.2, 0.25) is 0 Å². The third-order valence-corrected chi connectivity index (χ3v) is 6.10. The summed E-state index contributed by atoms with van der Waals surface area (Å²) in [5.41, 5.74) is 10.8. The maximum absolute atomic E-state index is 13.3. The second kappa shape index (κ2) is 8.26. The van der Waals surface area contributed by atoms with E-state index in [9.17, 15) is 4.79 Å². The van der Waals surface area contributed by atoms with E-state index in [2.05, 4.69) is 21.2 Å². The molecule has 2 aromatic heterocycles. The van der Waals surface area contributed by atoms with Crippen molar-refractivity contribution in [2.24, 2.45) is 0 Å². The van der Waals surface area contributed by atoms with Crippen LogP contribution in [0.5, 0.6) is 0 Å². The van der Waals surface area contributed by atoms with Gasteiger partial charge in [0.25, 0.3) is 5.91 Å². The van der Waals surface area contributed by atoms with Gasteiger partial charge in [-0.25, -0.2) is 9.97 Å². The van der Waals surface area contributed by atoms with Gasteiger partial charge in [0.05, 0.1) is 11.0 Å². The number of hydrogen-bond acceptors (Lipinski definition) is 4. The van der Waals surface area contributed by atoms with Crippen LogP contribution in [0, 0.1) is 0 Å². The molecule has 158 valence electrons. The highest BCUT2D eigenvalue weighted by atomic mass is 79.9. The number of nitrogens with zero attached hydrogens (tertiary/aromatic N) is 3. The summed E-state index contributed by atoms with van der Waals surface area (Å²) in [7, 11) is 0. The molecule has 6 nitrogen and oxygen atoms in total. The summed E-state index contributed by atoms with van der Waals surface area (Å²) in [6.07, 6.45) is 0.